The Morgan fingerprint density at radius 1 is 0.682 bits per heavy atom. The third-order valence-electron chi connectivity index (χ3n) is 7.97. The van der Waals surface area contributed by atoms with Crippen molar-refractivity contribution in [1.82, 2.24) is 0 Å². The zero-order valence-electron chi connectivity index (χ0n) is 25.6. The van der Waals surface area contributed by atoms with Crippen LogP contribution in [0.25, 0.3) is 5.57 Å². The molecule has 228 valence electrons. The van der Waals surface area contributed by atoms with Gasteiger partial charge in [0.15, 0.2) is 11.2 Å². The van der Waals surface area contributed by atoms with E-state index in [1.165, 1.54) is 6.92 Å². The molecule has 0 radical (unpaired) electrons. The predicted octanol–water partition coefficient (Wildman–Crippen LogP) is 6.81. The summed E-state index contributed by atoms with van der Waals surface area (Å²) < 4.78 is 16.8. The monoisotopic (exact) mass is 594 g/mol. The number of carbonyl (C=O) groups is 4. The van der Waals surface area contributed by atoms with E-state index in [2.05, 4.69) is 0 Å². The van der Waals surface area contributed by atoms with E-state index in [0.29, 0.717) is 22.3 Å². The van der Waals surface area contributed by atoms with Gasteiger partial charge in [-0.05, 0) is 61.1 Å². The number of esters is 3. The lowest BCUT2D eigenvalue weighted by molar-refractivity contribution is -0.173. The smallest absolute Gasteiger partial charge is 0.324 e. The number of ketones is 1. The van der Waals surface area contributed by atoms with Crippen LogP contribution in [0.4, 0.5) is 0 Å². The quantitative estimate of drug-likeness (QED) is 0.129. The van der Waals surface area contributed by atoms with Crippen molar-refractivity contribution in [2.45, 2.75) is 53.8 Å². The molecule has 7 nitrogen and oxygen atoms in total. The van der Waals surface area contributed by atoms with Gasteiger partial charge < -0.3 is 14.2 Å². The van der Waals surface area contributed by atoms with Crippen molar-refractivity contribution < 1.29 is 33.4 Å². The zero-order chi connectivity index (χ0) is 31.7. The first-order chi connectivity index (χ1) is 21.2. The van der Waals surface area contributed by atoms with Crippen LogP contribution in [0.3, 0.4) is 0 Å². The summed E-state index contributed by atoms with van der Waals surface area (Å²) in [7, 11) is 0. The maximum atomic E-state index is 13.9. The number of allylic oxidation sites excluding steroid dienone is 3. The molecule has 0 heterocycles. The molecule has 0 spiro atoms. The number of hydrogen-bond acceptors (Lipinski definition) is 7. The Morgan fingerprint density at radius 2 is 1.14 bits per heavy atom. The molecule has 3 aromatic carbocycles. The number of hydrogen-bond donors (Lipinski definition) is 0. The van der Waals surface area contributed by atoms with Crippen molar-refractivity contribution in [2.24, 2.45) is 11.3 Å². The van der Waals surface area contributed by atoms with Crippen molar-refractivity contribution in [3.05, 3.63) is 124 Å². The minimum absolute atomic E-state index is 0.0396. The maximum Gasteiger partial charge on any atom is 0.324 e. The normalized spacial score (nSPS) is 15.2. The fourth-order valence-electron chi connectivity index (χ4n) is 5.63. The van der Waals surface area contributed by atoms with Gasteiger partial charge in [0.2, 0.25) is 0 Å². The Hall–Kier alpha value is -4.78. The fraction of sp³-hybridized carbons (Fsp3) is 0.297. The second-order valence-electron chi connectivity index (χ2n) is 11.0. The number of rotatable bonds is 12. The van der Waals surface area contributed by atoms with Gasteiger partial charge in [-0.25, -0.2) is 0 Å². The van der Waals surface area contributed by atoms with Crippen LogP contribution in [0.2, 0.25) is 0 Å². The van der Waals surface area contributed by atoms with Crippen LogP contribution in [0.1, 0.15) is 57.2 Å². The van der Waals surface area contributed by atoms with E-state index in [9.17, 15) is 19.2 Å². The number of ether oxygens (including phenoxy) is 3. The Bertz CT molecular complexity index is 1500. The fourth-order valence-corrected chi connectivity index (χ4v) is 5.63. The molecule has 0 aromatic heterocycles. The molecule has 0 N–H and O–H groups in total. The summed E-state index contributed by atoms with van der Waals surface area (Å²) in [5, 5.41) is 0. The average Bonchev–Trinajstić information content (AvgIpc) is 3.47. The summed E-state index contributed by atoms with van der Waals surface area (Å²) >= 11 is 0. The highest BCUT2D eigenvalue weighted by atomic mass is 16.6. The Balaban J connectivity index is 1.78. The summed E-state index contributed by atoms with van der Waals surface area (Å²) in [6, 6.07) is 27.7. The minimum Gasteiger partial charge on any atom is -0.466 e. The lowest BCUT2D eigenvalue weighted by Crippen LogP contribution is -2.40. The van der Waals surface area contributed by atoms with Crippen LogP contribution in [-0.2, 0) is 46.6 Å². The van der Waals surface area contributed by atoms with E-state index < -0.39 is 29.2 Å². The second-order valence-corrected chi connectivity index (χ2v) is 11.0. The molecule has 7 heteroatoms. The standard InChI is InChI=1S/C37H38O7/c1-5-42-34(39)26(3)33(30-19-13-8-14-20-30)25(2)31-21-37(22-32(31)27(4)38,35(40)43-23-28-15-9-6-10-16-28)36(41)44-24-29-17-11-7-12-18-29/h6-20,26H,5,21-24H2,1-4H3/b33-25-/t26-/m0/s1. The molecule has 1 aliphatic rings. The van der Waals surface area contributed by atoms with Crippen molar-refractivity contribution >= 4 is 29.3 Å². The lowest BCUT2D eigenvalue weighted by Gasteiger charge is -2.26. The second kappa shape index (κ2) is 14.6. The summed E-state index contributed by atoms with van der Waals surface area (Å²) in [5.74, 6) is -2.89. The van der Waals surface area contributed by atoms with E-state index in [1.807, 2.05) is 97.9 Å². The van der Waals surface area contributed by atoms with Crippen LogP contribution < -0.4 is 0 Å². The van der Waals surface area contributed by atoms with Gasteiger partial charge >= 0.3 is 17.9 Å². The van der Waals surface area contributed by atoms with Crippen LogP contribution in [0.5, 0.6) is 0 Å². The van der Waals surface area contributed by atoms with Crippen LogP contribution >= 0.6 is 0 Å². The predicted molar refractivity (Wildman–Crippen MR) is 167 cm³/mol. The Labute approximate surface area is 258 Å². The first-order valence-electron chi connectivity index (χ1n) is 14.8. The van der Waals surface area contributed by atoms with Crippen LogP contribution in [0.15, 0.2) is 108 Å². The van der Waals surface area contributed by atoms with Crippen LogP contribution in [-0.4, -0.2) is 30.3 Å². The van der Waals surface area contributed by atoms with E-state index >= 15 is 0 Å². The molecular formula is C37H38O7. The molecular weight excluding hydrogens is 556 g/mol. The molecule has 0 aliphatic heterocycles. The van der Waals surface area contributed by atoms with Crippen molar-refractivity contribution in [2.75, 3.05) is 6.61 Å². The summed E-state index contributed by atoms with van der Waals surface area (Å²) in [6.45, 7) is 6.87. The zero-order valence-corrected chi connectivity index (χ0v) is 25.6. The minimum atomic E-state index is -1.78. The largest absolute Gasteiger partial charge is 0.466 e. The van der Waals surface area contributed by atoms with Gasteiger partial charge in [0, 0.05) is 18.4 Å². The lowest BCUT2D eigenvalue weighted by atomic mass is 9.81. The topological polar surface area (TPSA) is 96.0 Å². The van der Waals surface area contributed by atoms with Crippen molar-refractivity contribution in [1.29, 1.82) is 0 Å². The third-order valence-corrected chi connectivity index (χ3v) is 7.97. The van der Waals surface area contributed by atoms with Gasteiger partial charge in [-0.3, -0.25) is 19.2 Å². The summed E-state index contributed by atoms with van der Waals surface area (Å²) in [4.78, 5) is 54.0. The highest BCUT2D eigenvalue weighted by molar-refractivity contribution is 6.06. The maximum absolute atomic E-state index is 13.9. The Kier molecular flexibility index (Phi) is 10.7. The molecule has 1 atom stereocenters. The first-order valence-corrected chi connectivity index (χ1v) is 14.8. The first kappa shape index (κ1) is 32.1. The van der Waals surface area contributed by atoms with Gasteiger partial charge in [-0.15, -0.1) is 0 Å². The average molecular weight is 595 g/mol. The molecule has 1 aliphatic carbocycles. The molecule has 44 heavy (non-hydrogen) atoms. The highest BCUT2D eigenvalue weighted by Gasteiger charge is 2.55. The number of Topliss-reactive ketones (excluding diaryl/α,β-unsaturated/α-hetero) is 1. The van der Waals surface area contributed by atoms with Crippen molar-refractivity contribution in [3.63, 3.8) is 0 Å². The van der Waals surface area contributed by atoms with Gasteiger partial charge in [0.25, 0.3) is 0 Å². The summed E-state index contributed by atoms with van der Waals surface area (Å²) in [6.07, 6.45) is -0.285. The van der Waals surface area contributed by atoms with E-state index in [0.717, 1.165) is 16.7 Å². The SMILES string of the molecule is CCOC(=O)[C@@H](C)/C(=C(\C)C1=C(C(C)=O)CC(C(=O)OCc2ccccc2)(C(=O)OCc2ccccc2)C1)c1ccccc1. The molecule has 0 unspecified atom stereocenters. The van der Waals surface area contributed by atoms with Gasteiger partial charge in [0.1, 0.15) is 13.2 Å². The molecule has 0 amide bonds. The van der Waals surface area contributed by atoms with E-state index in [-0.39, 0.29) is 38.4 Å². The van der Waals surface area contributed by atoms with Gasteiger partial charge in [0.05, 0.1) is 12.5 Å². The van der Waals surface area contributed by atoms with E-state index in [1.54, 1.807) is 13.8 Å². The summed E-state index contributed by atoms with van der Waals surface area (Å²) in [5.41, 5.74) is 2.67. The van der Waals surface area contributed by atoms with Gasteiger partial charge in [-0.2, -0.15) is 0 Å². The van der Waals surface area contributed by atoms with Crippen molar-refractivity contribution in [3.8, 4) is 0 Å². The molecule has 0 bridgehead atoms. The molecule has 0 fully saturated rings. The number of benzene rings is 3. The number of carbonyl (C=O) groups excluding carboxylic acids is 4. The molecule has 0 saturated carbocycles. The van der Waals surface area contributed by atoms with Gasteiger partial charge in [-0.1, -0.05) is 91.0 Å². The Morgan fingerprint density at radius 3 is 1.59 bits per heavy atom. The highest BCUT2D eigenvalue weighted by Crippen LogP contribution is 2.49. The van der Waals surface area contributed by atoms with E-state index in [4.69, 9.17) is 14.2 Å². The van der Waals surface area contributed by atoms with Crippen LogP contribution in [0, 0.1) is 11.3 Å². The third kappa shape index (κ3) is 7.22. The molecule has 4 rings (SSSR count). The molecule has 3 aromatic rings. The molecule has 0 saturated heterocycles.